The van der Waals surface area contributed by atoms with Crippen LogP contribution in [0, 0.1) is 0 Å². The van der Waals surface area contributed by atoms with Crippen LogP contribution in [-0.4, -0.2) is 41.2 Å². The molecule has 0 atom stereocenters. The number of hydrogen-bond donors (Lipinski definition) is 1. The molecule has 3 aromatic rings. The van der Waals surface area contributed by atoms with Crippen LogP contribution in [0.5, 0.6) is 17.2 Å². The number of para-hydroxylation sites is 1. The Hall–Kier alpha value is -3.72. The molecule has 1 amide bonds. The molecule has 0 aromatic heterocycles. The summed E-state index contributed by atoms with van der Waals surface area (Å²) in [6.45, 7) is -0.416. The highest BCUT2D eigenvalue weighted by atomic mass is 32.2. The largest absolute Gasteiger partial charge is 0.493 e. The molecule has 4 rings (SSSR count). The highest BCUT2D eigenvalue weighted by molar-refractivity contribution is 7.92. The van der Waals surface area contributed by atoms with E-state index in [0.29, 0.717) is 17.1 Å². The lowest BCUT2D eigenvalue weighted by atomic mass is 10.2. The van der Waals surface area contributed by atoms with Gasteiger partial charge in [0.2, 0.25) is 5.91 Å². The Morgan fingerprint density at radius 3 is 2.22 bits per heavy atom. The van der Waals surface area contributed by atoms with E-state index in [-0.39, 0.29) is 16.7 Å². The number of anilines is 2. The molecule has 0 radical (unpaired) electrons. The van der Waals surface area contributed by atoms with E-state index in [1.807, 2.05) is 12.1 Å². The van der Waals surface area contributed by atoms with Crippen LogP contribution in [0.1, 0.15) is 25.7 Å². The summed E-state index contributed by atoms with van der Waals surface area (Å²) in [5.74, 6) is 0.950. The second-order valence-corrected chi connectivity index (χ2v) is 10.3. The Bertz CT molecular complexity index is 1270. The molecular weight excluding hydrogens is 480 g/mol. The SMILES string of the molecule is COc1ccc(S(=O)(=O)N(CC(=O)Nc2ccc(OC3CCCC3)cc2)c2ccccc2)cc1OC. The van der Waals surface area contributed by atoms with Crippen LogP contribution >= 0.6 is 0 Å². The molecule has 0 saturated heterocycles. The second kappa shape index (κ2) is 11.3. The van der Waals surface area contributed by atoms with Crippen LogP contribution in [0.4, 0.5) is 11.4 Å². The van der Waals surface area contributed by atoms with Gasteiger partial charge >= 0.3 is 0 Å². The fraction of sp³-hybridized carbons (Fsp3) is 0.296. The summed E-state index contributed by atoms with van der Waals surface area (Å²) < 4.78 is 44.8. The fourth-order valence-corrected chi connectivity index (χ4v) is 5.60. The van der Waals surface area contributed by atoms with Gasteiger partial charge in [0.05, 0.1) is 30.9 Å². The second-order valence-electron chi connectivity index (χ2n) is 8.46. The third-order valence-electron chi connectivity index (χ3n) is 6.02. The first-order valence-corrected chi connectivity index (χ1v) is 13.2. The lowest BCUT2D eigenvalue weighted by Crippen LogP contribution is -2.38. The molecule has 3 aromatic carbocycles. The number of carbonyl (C=O) groups is 1. The lowest BCUT2D eigenvalue weighted by molar-refractivity contribution is -0.114. The molecule has 1 aliphatic carbocycles. The van der Waals surface area contributed by atoms with Crippen molar-refractivity contribution in [2.75, 3.05) is 30.4 Å². The van der Waals surface area contributed by atoms with Crippen LogP contribution in [0.15, 0.2) is 77.7 Å². The number of rotatable bonds is 10. The van der Waals surface area contributed by atoms with Gasteiger partial charge in [-0.15, -0.1) is 0 Å². The van der Waals surface area contributed by atoms with Gasteiger partial charge in [-0.25, -0.2) is 8.42 Å². The topological polar surface area (TPSA) is 94.2 Å². The van der Waals surface area contributed by atoms with E-state index in [4.69, 9.17) is 14.2 Å². The Morgan fingerprint density at radius 1 is 0.917 bits per heavy atom. The van der Waals surface area contributed by atoms with Gasteiger partial charge in [-0.2, -0.15) is 0 Å². The molecule has 1 saturated carbocycles. The summed E-state index contributed by atoms with van der Waals surface area (Å²) in [5, 5.41) is 2.78. The Labute approximate surface area is 211 Å². The summed E-state index contributed by atoms with van der Waals surface area (Å²) in [5.41, 5.74) is 0.915. The van der Waals surface area contributed by atoms with E-state index in [1.54, 1.807) is 42.5 Å². The minimum absolute atomic E-state index is 0.0229. The number of nitrogens with zero attached hydrogens (tertiary/aromatic N) is 1. The van der Waals surface area contributed by atoms with Crippen molar-refractivity contribution in [3.8, 4) is 17.2 Å². The van der Waals surface area contributed by atoms with Crippen LogP contribution in [0.25, 0.3) is 0 Å². The van der Waals surface area contributed by atoms with Crippen molar-refractivity contribution < 1.29 is 27.4 Å². The van der Waals surface area contributed by atoms with Gasteiger partial charge in [-0.05, 0) is 74.2 Å². The van der Waals surface area contributed by atoms with Gasteiger partial charge in [-0.3, -0.25) is 9.10 Å². The van der Waals surface area contributed by atoms with Crippen LogP contribution in [-0.2, 0) is 14.8 Å². The van der Waals surface area contributed by atoms with Gasteiger partial charge < -0.3 is 19.5 Å². The smallest absolute Gasteiger partial charge is 0.264 e. The summed E-state index contributed by atoms with van der Waals surface area (Å²) >= 11 is 0. The average Bonchev–Trinajstić information content (AvgIpc) is 3.41. The maximum Gasteiger partial charge on any atom is 0.264 e. The van der Waals surface area contributed by atoms with Crippen molar-refractivity contribution in [3.05, 3.63) is 72.8 Å². The predicted octanol–water partition coefficient (Wildman–Crippen LogP) is 4.86. The van der Waals surface area contributed by atoms with Gasteiger partial charge in [0, 0.05) is 11.8 Å². The van der Waals surface area contributed by atoms with E-state index in [1.165, 1.54) is 45.3 Å². The molecule has 8 nitrogen and oxygen atoms in total. The zero-order chi connectivity index (χ0) is 25.5. The molecule has 0 heterocycles. The molecule has 1 aliphatic rings. The summed E-state index contributed by atoms with van der Waals surface area (Å²) in [4.78, 5) is 12.9. The van der Waals surface area contributed by atoms with E-state index >= 15 is 0 Å². The van der Waals surface area contributed by atoms with Crippen LogP contribution < -0.4 is 23.8 Å². The van der Waals surface area contributed by atoms with E-state index in [0.717, 1.165) is 22.9 Å². The van der Waals surface area contributed by atoms with E-state index in [9.17, 15) is 13.2 Å². The summed E-state index contributed by atoms with van der Waals surface area (Å²) in [6.07, 6.45) is 4.72. The van der Waals surface area contributed by atoms with E-state index < -0.39 is 22.5 Å². The first-order chi connectivity index (χ1) is 17.4. The number of benzene rings is 3. The zero-order valence-corrected chi connectivity index (χ0v) is 21.2. The van der Waals surface area contributed by atoms with Crippen molar-refractivity contribution in [2.24, 2.45) is 0 Å². The van der Waals surface area contributed by atoms with Gasteiger partial charge in [0.15, 0.2) is 11.5 Å². The number of hydrogen-bond acceptors (Lipinski definition) is 6. The first kappa shape index (κ1) is 25.4. The van der Waals surface area contributed by atoms with Gasteiger partial charge in [0.1, 0.15) is 12.3 Å². The van der Waals surface area contributed by atoms with Crippen molar-refractivity contribution in [3.63, 3.8) is 0 Å². The highest BCUT2D eigenvalue weighted by Crippen LogP contribution is 2.32. The van der Waals surface area contributed by atoms with Crippen molar-refractivity contribution in [1.82, 2.24) is 0 Å². The van der Waals surface area contributed by atoms with Crippen LogP contribution in [0.2, 0.25) is 0 Å². The molecule has 0 aliphatic heterocycles. The summed E-state index contributed by atoms with van der Waals surface area (Å²) in [7, 11) is -1.20. The van der Waals surface area contributed by atoms with Crippen molar-refractivity contribution >= 4 is 27.3 Å². The molecule has 0 bridgehead atoms. The van der Waals surface area contributed by atoms with Crippen molar-refractivity contribution in [2.45, 2.75) is 36.7 Å². The molecular formula is C27H30N2O6S. The predicted molar refractivity (Wildman–Crippen MR) is 138 cm³/mol. The normalized spacial score (nSPS) is 13.7. The third kappa shape index (κ3) is 5.91. The molecule has 190 valence electrons. The Morgan fingerprint density at radius 2 is 1.58 bits per heavy atom. The summed E-state index contributed by atoms with van der Waals surface area (Å²) in [6, 6.07) is 19.9. The zero-order valence-electron chi connectivity index (χ0n) is 20.3. The number of nitrogens with one attached hydrogen (secondary N) is 1. The molecule has 9 heteroatoms. The maximum atomic E-state index is 13.6. The lowest BCUT2D eigenvalue weighted by Gasteiger charge is -2.24. The highest BCUT2D eigenvalue weighted by Gasteiger charge is 2.28. The molecule has 1 N–H and O–H groups in total. The van der Waals surface area contributed by atoms with Crippen molar-refractivity contribution in [1.29, 1.82) is 0 Å². The molecule has 36 heavy (non-hydrogen) atoms. The number of sulfonamides is 1. The van der Waals surface area contributed by atoms with Gasteiger partial charge in [-0.1, -0.05) is 18.2 Å². The average molecular weight is 511 g/mol. The Kier molecular flexibility index (Phi) is 8.00. The number of amides is 1. The van der Waals surface area contributed by atoms with Crippen LogP contribution in [0.3, 0.4) is 0 Å². The fourth-order valence-electron chi connectivity index (χ4n) is 4.16. The first-order valence-electron chi connectivity index (χ1n) is 11.8. The standard InChI is InChI=1S/C27H30N2O6S/c1-33-25-17-16-24(18-26(25)34-2)36(31,32)29(21-8-4-3-5-9-21)19-27(30)28-20-12-14-23(15-13-20)35-22-10-6-7-11-22/h3-5,8-9,12-18,22H,6-7,10-11,19H2,1-2H3,(H,28,30). The van der Waals surface area contributed by atoms with Gasteiger partial charge in [0.25, 0.3) is 10.0 Å². The Balaban J connectivity index is 1.53. The van der Waals surface area contributed by atoms with E-state index in [2.05, 4.69) is 5.32 Å². The molecule has 1 fully saturated rings. The number of ether oxygens (including phenoxy) is 3. The quantitative estimate of drug-likeness (QED) is 0.419. The molecule has 0 spiro atoms. The minimum Gasteiger partial charge on any atom is -0.493 e. The minimum atomic E-state index is -4.10. The molecule has 0 unspecified atom stereocenters. The monoisotopic (exact) mass is 510 g/mol. The maximum absolute atomic E-state index is 13.6. The number of carbonyl (C=O) groups excluding carboxylic acids is 1. The third-order valence-corrected chi connectivity index (χ3v) is 7.79. The number of methoxy groups -OCH3 is 2.